The summed E-state index contributed by atoms with van der Waals surface area (Å²) >= 11 is 12.0. The molecule has 0 spiro atoms. The van der Waals surface area contributed by atoms with E-state index in [0.29, 0.717) is 54.8 Å². The quantitative estimate of drug-likeness (QED) is 0.675. The van der Waals surface area contributed by atoms with E-state index in [-0.39, 0.29) is 17.2 Å². The summed E-state index contributed by atoms with van der Waals surface area (Å²) in [5, 5.41) is 3.86. The first kappa shape index (κ1) is 22.8. The highest BCUT2D eigenvalue weighted by atomic mass is 35.5. The van der Waals surface area contributed by atoms with Gasteiger partial charge in [0.1, 0.15) is 0 Å². The van der Waals surface area contributed by atoms with E-state index in [4.69, 9.17) is 23.2 Å². The van der Waals surface area contributed by atoms with E-state index >= 15 is 0 Å². The molecule has 1 aromatic carbocycles. The molecule has 1 saturated heterocycles. The second-order valence-electron chi connectivity index (χ2n) is 7.95. The average Bonchev–Trinajstić information content (AvgIpc) is 3.18. The van der Waals surface area contributed by atoms with Crippen molar-refractivity contribution in [1.82, 2.24) is 14.5 Å². The summed E-state index contributed by atoms with van der Waals surface area (Å²) in [6.45, 7) is 4.87. The van der Waals surface area contributed by atoms with Crippen molar-refractivity contribution in [3.63, 3.8) is 0 Å². The van der Waals surface area contributed by atoms with Crippen LogP contribution in [-0.4, -0.2) is 67.5 Å². The van der Waals surface area contributed by atoms with Crippen LogP contribution in [0.2, 0.25) is 10.0 Å². The predicted molar refractivity (Wildman–Crippen MR) is 117 cm³/mol. The monoisotopic (exact) mass is 461 g/mol. The highest BCUT2D eigenvalue weighted by molar-refractivity contribution is 7.89. The third-order valence-corrected chi connectivity index (χ3v) is 8.87. The Bertz CT molecular complexity index is 833. The molecular weight excluding hydrogens is 433 g/mol. The second-order valence-corrected chi connectivity index (χ2v) is 10.8. The molecule has 0 aromatic heterocycles. The summed E-state index contributed by atoms with van der Waals surface area (Å²) in [4.78, 5) is 15.0. The van der Waals surface area contributed by atoms with Crippen LogP contribution in [0.15, 0.2) is 18.2 Å². The van der Waals surface area contributed by atoms with Crippen molar-refractivity contribution in [3.05, 3.63) is 33.8 Å². The summed E-state index contributed by atoms with van der Waals surface area (Å²) in [5.41, 5.74) is 0.384. The first-order valence-electron chi connectivity index (χ1n) is 10.2. The summed E-state index contributed by atoms with van der Waals surface area (Å²) in [5.74, 6) is 0.0386. The topological polar surface area (TPSA) is 69.7 Å². The molecule has 1 aromatic rings. The summed E-state index contributed by atoms with van der Waals surface area (Å²) in [6.07, 6.45) is 4.90. The van der Waals surface area contributed by atoms with Crippen LogP contribution in [0.4, 0.5) is 0 Å². The third kappa shape index (κ3) is 5.25. The van der Waals surface area contributed by atoms with E-state index < -0.39 is 10.0 Å². The Morgan fingerprint density at radius 3 is 2.34 bits per heavy atom. The smallest absolute Gasteiger partial charge is 0.251 e. The first-order chi connectivity index (χ1) is 13.8. The normalized spacial score (nSPS) is 20.7. The number of sulfonamides is 1. The Balaban J connectivity index is 1.63. The Kier molecular flexibility index (Phi) is 7.49. The van der Waals surface area contributed by atoms with Crippen LogP contribution in [0, 0.1) is 0 Å². The number of rotatable bonds is 7. The molecule has 0 bridgehead atoms. The van der Waals surface area contributed by atoms with Crippen LogP contribution in [-0.2, 0) is 10.0 Å². The second kappa shape index (κ2) is 9.52. The molecule has 3 rings (SSSR count). The number of hydrogen-bond acceptors (Lipinski definition) is 4. The van der Waals surface area contributed by atoms with Crippen LogP contribution >= 0.6 is 23.2 Å². The predicted octanol–water partition coefficient (Wildman–Crippen LogP) is 3.39. The van der Waals surface area contributed by atoms with Gasteiger partial charge in [-0.2, -0.15) is 4.31 Å². The maximum atomic E-state index is 12.6. The molecule has 1 amide bonds. The van der Waals surface area contributed by atoms with Crippen molar-refractivity contribution in [3.8, 4) is 0 Å². The first-order valence-corrected chi connectivity index (χ1v) is 12.6. The molecule has 2 aliphatic rings. The van der Waals surface area contributed by atoms with Crippen molar-refractivity contribution in [2.75, 3.05) is 38.5 Å². The van der Waals surface area contributed by atoms with Gasteiger partial charge in [0.2, 0.25) is 10.0 Å². The Hall–Kier alpha value is -0.860. The standard InChI is InChI=1S/C20H29Cl2N3O3S/c1-2-13-29(27,28)25-11-9-24(10-12-25)20(7-3-4-8-20)15-23-19(26)16-5-6-17(21)18(22)14-16/h5-6,14H,2-4,7-13,15H2,1H3,(H,23,26). The number of amides is 1. The summed E-state index contributed by atoms with van der Waals surface area (Å²) < 4.78 is 26.3. The molecule has 0 radical (unpaired) electrons. The highest BCUT2D eigenvalue weighted by Gasteiger charge is 2.42. The molecule has 162 valence electrons. The lowest BCUT2D eigenvalue weighted by atomic mass is 9.93. The van der Waals surface area contributed by atoms with Gasteiger partial charge in [0.25, 0.3) is 5.91 Å². The number of piperazine rings is 1. The minimum Gasteiger partial charge on any atom is -0.350 e. The molecule has 9 heteroatoms. The van der Waals surface area contributed by atoms with Gasteiger partial charge in [-0.25, -0.2) is 8.42 Å². The molecule has 1 aliphatic carbocycles. The van der Waals surface area contributed by atoms with Crippen LogP contribution in [0.5, 0.6) is 0 Å². The van der Waals surface area contributed by atoms with Crippen molar-refractivity contribution in [2.24, 2.45) is 0 Å². The van der Waals surface area contributed by atoms with Crippen molar-refractivity contribution >= 4 is 39.1 Å². The van der Waals surface area contributed by atoms with E-state index in [1.807, 2.05) is 6.92 Å². The van der Waals surface area contributed by atoms with Gasteiger partial charge in [-0.05, 0) is 37.5 Å². The third-order valence-electron chi connectivity index (χ3n) is 6.06. The number of carbonyl (C=O) groups is 1. The molecule has 6 nitrogen and oxygen atoms in total. The Labute approximate surface area is 183 Å². The van der Waals surface area contributed by atoms with Gasteiger partial charge < -0.3 is 5.32 Å². The molecule has 1 heterocycles. The van der Waals surface area contributed by atoms with Crippen molar-refractivity contribution < 1.29 is 13.2 Å². The fourth-order valence-electron chi connectivity index (χ4n) is 4.45. The molecule has 1 aliphatic heterocycles. The van der Waals surface area contributed by atoms with E-state index in [0.717, 1.165) is 25.7 Å². The van der Waals surface area contributed by atoms with Crippen LogP contribution in [0.1, 0.15) is 49.4 Å². The number of nitrogens with zero attached hydrogens (tertiary/aromatic N) is 2. The lowest BCUT2D eigenvalue weighted by Gasteiger charge is -2.45. The largest absolute Gasteiger partial charge is 0.350 e. The molecule has 0 unspecified atom stereocenters. The van der Waals surface area contributed by atoms with Crippen LogP contribution < -0.4 is 5.32 Å². The molecule has 1 saturated carbocycles. The number of hydrogen-bond donors (Lipinski definition) is 1. The number of nitrogens with one attached hydrogen (secondary N) is 1. The van der Waals surface area contributed by atoms with Gasteiger partial charge in [-0.3, -0.25) is 9.69 Å². The van der Waals surface area contributed by atoms with Gasteiger partial charge in [0.05, 0.1) is 15.8 Å². The number of carbonyl (C=O) groups excluding carboxylic acids is 1. The van der Waals surface area contributed by atoms with Gasteiger partial charge in [-0.1, -0.05) is 43.0 Å². The zero-order valence-electron chi connectivity index (χ0n) is 16.8. The minimum absolute atomic E-state index is 0.105. The van der Waals surface area contributed by atoms with Gasteiger partial charge in [0, 0.05) is 43.8 Å². The fourth-order valence-corrected chi connectivity index (χ4v) is 6.24. The Morgan fingerprint density at radius 1 is 1.10 bits per heavy atom. The van der Waals surface area contributed by atoms with E-state index in [1.165, 1.54) is 0 Å². The van der Waals surface area contributed by atoms with Crippen LogP contribution in [0.3, 0.4) is 0 Å². The fraction of sp³-hybridized carbons (Fsp3) is 0.650. The van der Waals surface area contributed by atoms with E-state index in [9.17, 15) is 13.2 Å². The molecule has 0 atom stereocenters. The summed E-state index contributed by atoms with van der Waals surface area (Å²) in [7, 11) is -3.16. The minimum atomic E-state index is -3.16. The lowest BCUT2D eigenvalue weighted by Crippen LogP contribution is -2.60. The molecule has 2 fully saturated rings. The number of benzene rings is 1. The lowest BCUT2D eigenvalue weighted by molar-refractivity contribution is 0.0540. The van der Waals surface area contributed by atoms with E-state index in [1.54, 1.807) is 22.5 Å². The zero-order valence-corrected chi connectivity index (χ0v) is 19.1. The van der Waals surface area contributed by atoms with Crippen LogP contribution in [0.25, 0.3) is 0 Å². The SMILES string of the molecule is CCCS(=O)(=O)N1CCN(C2(CNC(=O)c3ccc(Cl)c(Cl)c3)CCCC2)CC1. The zero-order chi connectivity index (χ0) is 21.1. The van der Waals surface area contributed by atoms with Crippen molar-refractivity contribution in [2.45, 2.75) is 44.6 Å². The molecule has 1 N–H and O–H groups in total. The Morgan fingerprint density at radius 2 is 1.76 bits per heavy atom. The summed E-state index contributed by atoms with van der Waals surface area (Å²) in [6, 6.07) is 4.88. The average molecular weight is 462 g/mol. The van der Waals surface area contributed by atoms with Gasteiger partial charge in [0.15, 0.2) is 0 Å². The van der Waals surface area contributed by atoms with Gasteiger partial charge >= 0.3 is 0 Å². The van der Waals surface area contributed by atoms with Gasteiger partial charge in [-0.15, -0.1) is 0 Å². The molecule has 29 heavy (non-hydrogen) atoms. The maximum absolute atomic E-state index is 12.6. The highest BCUT2D eigenvalue weighted by Crippen LogP contribution is 2.36. The van der Waals surface area contributed by atoms with E-state index in [2.05, 4.69) is 10.2 Å². The number of halogens is 2. The van der Waals surface area contributed by atoms with Crippen molar-refractivity contribution in [1.29, 1.82) is 0 Å². The molecular formula is C20H29Cl2N3O3S. The maximum Gasteiger partial charge on any atom is 0.251 e.